The van der Waals surface area contributed by atoms with Gasteiger partial charge >= 0.3 is 0 Å². The first-order valence-electron chi connectivity index (χ1n) is 6.46. The molecule has 92 valence electrons. The van der Waals surface area contributed by atoms with Crippen LogP contribution in [0.25, 0.3) is 0 Å². The minimum absolute atomic E-state index is 0.603. The number of aryl methyl sites for hydroxylation is 1. The van der Waals surface area contributed by atoms with Crippen molar-refractivity contribution < 1.29 is 0 Å². The lowest BCUT2D eigenvalue weighted by Crippen LogP contribution is -2.25. The van der Waals surface area contributed by atoms with Crippen molar-refractivity contribution in [1.82, 2.24) is 15.5 Å². The fourth-order valence-corrected chi connectivity index (χ4v) is 1.82. The van der Waals surface area contributed by atoms with Crippen molar-refractivity contribution in [3.63, 3.8) is 0 Å². The Bertz CT molecular complexity index is 280. The number of nitrogens with one attached hydrogen (secondary N) is 2. The van der Waals surface area contributed by atoms with Crippen LogP contribution in [-0.2, 0) is 6.54 Å². The summed E-state index contributed by atoms with van der Waals surface area (Å²) in [7, 11) is 0. The van der Waals surface area contributed by atoms with Crippen molar-refractivity contribution in [3.8, 4) is 0 Å². The average Bonchev–Trinajstić information content (AvgIpc) is 2.67. The Morgan fingerprint density at radius 1 is 1.38 bits per heavy atom. The number of rotatable bonds is 8. The van der Waals surface area contributed by atoms with Gasteiger partial charge in [0, 0.05) is 23.8 Å². The SMILES string of the molecule is CCCCCCC(C)NCc1cn[nH]c1C. The fraction of sp³-hybridized carbons (Fsp3) is 0.769. The smallest absolute Gasteiger partial charge is 0.0535 e. The molecule has 0 radical (unpaired) electrons. The number of aromatic amines is 1. The second kappa shape index (κ2) is 7.44. The molecule has 0 bridgehead atoms. The lowest BCUT2D eigenvalue weighted by molar-refractivity contribution is 0.482. The molecule has 1 unspecified atom stereocenters. The molecule has 16 heavy (non-hydrogen) atoms. The van der Waals surface area contributed by atoms with E-state index in [1.165, 1.54) is 43.4 Å². The zero-order valence-electron chi connectivity index (χ0n) is 10.8. The van der Waals surface area contributed by atoms with Crippen molar-refractivity contribution in [2.24, 2.45) is 0 Å². The summed E-state index contributed by atoms with van der Waals surface area (Å²) < 4.78 is 0. The molecule has 1 heterocycles. The molecule has 0 spiro atoms. The molecule has 0 aliphatic carbocycles. The van der Waals surface area contributed by atoms with Crippen LogP contribution in [0.3, 0.4) is 0 Å². The van der Waals surface area contributed by atoms with Crippen LogP contribution >= 0.6 is 0 Å². The van der Waals surface area contributed by atoms with Crippen LogP contribution in [0.15, 0.2) is 6.20 Å². The fourth-order valence-electron chi connectivity index (χ4n) is 1.82. The number of hydrogen-bond donors (Lipinski definition) is 2. The van der Waals surface area contributed by atoms with Crippen LogP contribution in [0, 0.1) is 6.92 Å². The van der Waals surface area contributed by atoms with Crippen molar-refractivity contribution in [2.45, 2.75) is 65.5 Å². The van der Waals surface area contributed by atoms with Gasteiger partial charge in [0.25, 0.3) is 0 Å². The van der Waals surface area contributed by atoms with Crippen LogP contribution in [0.4, 0.5) is 0 Å². The highest BCUT2D eigenvalue weighted by molar-refractivity contribution is 5.13. The summed E-state index contributed by atoms with van der Waals surface area (Å²) in [6, 6.07) is 0.603. The summed E-state index contributed by atoms with van der Waals surface area (Å²) in [6.07, 6.45) is 8.58. The van der Waals surface area contributed by atoms with E-state index in [4.69, 9.17) is 0 Å². The minimum Gasteiger partial charge on any atom is -0.310 e. The van der Waals surface area contributed by atoms with Gasteiger partial charge in [0.05, 0.1) is 6.20 Å². The number of hydrogen-bond acceptors (Lipinski definition) is 2. The van der Waals surface area contributed by atoms with E-state index in [1.54, 1.807) is 0 Å². The van der Waals surface area contributed by atoms with Crippen LogP contribution in [0.5, 0.6) is 0 Å². The summed E-state index contributed by atoms with van der Waals surface area (Å²) in [5.74, 6) is 0. The summed E-state index contributed by atoms with van der Waals surface area (Å²) >= 11 is 0. The molecule has 0 fully saturated rings. The lowest BCUT2D eigenvalue weighted by Gasteiger charge is -2.13. The molecule has 3 heteroatoms. The number of aromatic nitrogens is 2. The molecule has 1 atom stereocenters. The van der Waals surface area contributed by atoms with Gasteiger partial charge in [0.1, 0.15) is 0 Å². The molecule has 0 saturated heterocycles. The van der Waals surface area contributed by atoms with E-state index in [9.17, 15) is 0 Å². The molecule has 3 nitrogen and oxygen atoms in total. The summed E-state index contributed by atoms with van der Waals surface area (Å²) in [6.45, 7) is 7.51. The second-order valence-corrected chi connectivity index (χ2v) is 4.65. The van der Waals surface area contributed by atoms with Crippen molar-refractivity contribution >= 4 is 0 Å². The van der Waals surface area contributed by atoms with E-state index in [2.05, 4.69) is 36.3 Å². The number of unbranched alkanes of at least 4 members (excludes halogenated alkanes) is 3. The van der Waals surface area contributed by atoms with Crippen LogP contribution in [-0.4, -0.2) is 16.2 Å². The van der Waals surface area contributed by atoms with Gasteiger partial charge in [0.15, 0.2) is 0 Å². The Kier molecular flexibility index (Phi) is 6.16. The molecule has 0 amide bonds. The van der Waals surface area contributed by atoms with Crippen LogP contribution in [0.2, 0.25) is 0 Å². The van der Waals surface area contributed by atoms with Gasteiger partial charge in [-0.1, -0.05) is 32.6 Å². The molecule has 1 aromatic heterocycles. The highest BCUT2D eigenvalue weighted by Gasteiger charge is 2.04. The van der Waals surface area contributed by atoms with Gasteiger partial charge < -0.3 is 5.32 Å². The van der Waals surface area contributed by atoms with Gasteiger partial charge in [-0.25, -0.2) is 0 Å². The van der Waals surface area contributed by atoms with Crippen molar-refractivity contribution in [3.05, 3.63) is 17.5 Å². The van der Waals surface area contributed by atoms with Gasteiger partial charge in [-0.15, -0.1) is 0 Å². The third kappa shape index (κ3) is 4.79. The zero-order chi connectivity index (χ0) is 11.8. The molecule has 1 rings (SSSR count). The average molecular weight is 223 g/mol. The zero-order valence-corrected chi connectivity index (χ0v) is 10.8. The Hall–Kier alpha value is -0.830. The van der Waals surface area contributed by atoms with E-state index >= 15 is 0 Å². The standard InChI is InChI=1S/C13H25N3/c1-4-5-6-7-8-11(2)14-9-13-10-15-16-12(13)3/h10-11,14H,4-9H2,1-3H3,(H,15,16). The quantitative estimate of drug-likeness (QED) is 0.665. The van der Waals surface area contributed by atoms with Crippen LogP contribution in [0.1, 0.15) is 57.2 Å². The maximum absolute atomic E-state index is 4.02. The number of H-pyrrole nitrogens is 1. The maximum atomic E-state index is 4.02. The van der Waals surface area contributed by atoms with Crippen LogP contribution < -0.4 is 5.32 Å². The Morgan fingerprint density at radius 2 is 2.19 bits per heavy atom. The molecule has 2 N–H and O–H groups in total. The first-order chi connectivity index (χ1) is 7.74. The summed E-state index contributed by atoms with van der Waals surface area (Å²) in [5, 5.41) is 10.5. The highest BCUT2D eigenvalue weighted by atomic mass is 15.1. The third-order valence-electron chi connectivity index (χ3n) is 3.07. The molecule has 0 aromatic carbocycles. The largest absolute Gasteiger partial charge is 0.310 e. The minimum atomic E-state index is 0.603. The Morgan fingerprint density at radius 3 is 2.81 bits per heavy atom. The molecular weight excluding hydrogens is 198 g/mol. The maximum Gasteiger partial charge on any atom is 0.0535 e. The topological polar surface area (TPSA) is 40.7 Å². The Labute approximate surface area is 99.0 Å². The normalized spacial score (nSPS) is 12.9. The molecule has 0 aliphatic rings. The first-order valence-corrected chi connectivity index (χ1v) is 6.46. The van der Waals surface area contributed by atoms with Gasteiger partial charge in [-0.05, 0) is 20.3 Å². The Balaban J connectivity index is 2.10. The third-order valence-corrected chi connectivity index (χ3v) is 3.07. The highest BCUT2D eigenvalue weighted by Crippen LogP contribution is 2.07. The van der Waals surface area contributed by atoms with E-state index in [0.29, 0.717) is 6.04 Å². The van der Waals surface area contributed by atoms with Gasteiger partial charge in [-0.3, -0.25) is 5.10 Å². The van der Waals surface area contributed by atoms with E-state index < -0.39 is 0 Å². The monoisotopic (exact) mass is 223 g/mol. The number of nitrogens with zero attached hydrogens (tertiary/aromatic N) is 1. The predicted molar refractivity (Wildman–Crippen MR) is 68.4 cm³/mol. The second-order valence-electron chi connectivity index (χ2n) is 4.65. The first kappa shape index (κ1) is 13.2. The summed E-state index contributed by atoms with van der Waals surface area (Å²) in [5.41, 5.74) is 2.45. The van der Waals surface area contributed by atoms with E-state index in [0.717, 1.165) is 6.54 Å². The van der Waals surface area contributed by atoms with E-state index in [1.807, 2.05) is 6.20 Å². The molecular formula is C13H25N3. The van der Waals surface area contributed by atoms with Gasteiger partial charge in [-0.2, -0.15) is 5.10 Å². The van der Waals surface area contributed by atoms with Crippen molar-refractivity contribution in [1.29, 1.82) is 0 Å². The predicted octanol–water partition coefficient (Wildman–Crippen LogP) is 3.17. The summed E-state index contributed by atoms with van der Waals surface area (Å²) in [4.78, 5) is 0. The molecule has 0 saturated carbocycles. The molecule has 0 aliphatic heterocycles. The van der Waals surface area contributed by atoms with Crippen molar-refractivity contribution in [2.75, 3.05) is 0 Å². The molecule has 1 aromatic rings. The lowest BCUT2D eigenvalue weighted by atomic mass is 10.1. The van der Waals surface area contributed by atoms with Gasteiger partial charge in [0.2, 0.25) is 0 Å². The van der Waals surface area contributed by atoms with E-state index in [-0.39, 0.29) is 0 Å².